The molecule has 1 aliphatic heterocycles. The number of amides is 2. The van der Waals surface area contributed by atoms with Crippen LogP contribution in [0.25, 0.3) is 0 Å². The van der Waals surface area contributed by atoms with Crippen molar-refractivity contribution >= 4 is 12.0 Å². The molecule has 1 fully saturated rings. The molecule has 0 saturated carbocycles. The van der Waals surface area contributed by atoms with Gasteiger partial charge in [0.05, 0.1) is 5.41 Å². The molecule has 0 spiro atoms. The molecule has 0 aromatic rings. The van der Waals surface area contributed by atoms with E-state index in [9.17, 15) is 14.7 Å². The highest BCUT2D eigenvalue weighted by atomic mass is 16.4. The molecule has 0 aromatic heterocycles. The Morgan fingerprint density at radius 3 is 2.24 bits per heavy atom. The number of aliphatic carboxylic acids is 1. The van der Waals surface area contributed by atoms with Gasteiger partial charge in [-0.2, -0.15) is 0 Å². The molecule has 1 saturated heterocycles. The van der Waals surface area contributed by atoms with Crippen molar-refractivity contribution in [3.8, 4) is 0 Å². The van der Waals surface area contributed by atoms with Gasteiger partial charge in [-0.1, -0.05) is 26.7 Å². The normalized spacial score (nSPS) is 19.1. The zero-order chi connectivity index (χ0) is 16.0. The van der Waals surface area contributed by atoms with Gasteiger partial charge >= 0.3 is 12.0 Å². The average Bonchev–Trinajstić information content (AvgIpc) is 2.46. The third-order valence-corrected chi connectivity index (χ3v) is 4.84. The van der Waals surface area contributed by atoms with Crippen molar-refractivity contribution in [2.45, 2.75) is 65.3 Å². The van der Waals surface area contributed by atoms with E-state index >= 15 is 0 Å². The summed E-state index contributed by atoms with van der Waals surface area (Å²) in [5.41, 5.74) is -0.626. The second-order valence-electron chi connectivity index (χ2n) is 6.35. The molecule has 1 aliphatic rings. The second kappa shape index (κ2) is 7.66. The van der Waals surface area contributed by atoms with E-state index in [1.54, 1.807) is 4.90 Å². The van der Waals surface area contributed by atoms with E-state index in [2.05, 4.69) is 13.8 Å². The number of hydrogen-bond donors (Lipinski definition) is 1. The summed E-state index contributed by atoms with van der Waals surface area (Å²) >= 11 is 0. The van der Waals surface area contributed by atoms with Crippen molar-refractivity contribution in [1.29, 1.82) is 0 Å². The molecule has 1 heterocycles. The Bertz CT molecular complexity index is 363. The third-order valence-electron chi connectivity index (χ3n) is 4.84. The number of carbonyl (C=O) groups excluding carboxylic acids is 1. The topological polar surface area (TPSA) is 60.9 Å². The first kappa shape index (κ1) is 17.8. The van der Waals surface area contributed by atoms with Crippen molar-refractivity contribution in [2.24, 2.45) is 5.41 Å². The lowest BCUT2D eigenvalue weighted by atomic mass is 9.75. The summed E-state index contributed by atoms with van der Waals surface area (Å²) in [5.74, 6) is -0.704. The minimum absolute atomic E-state index is 0.0337. The van der Waals surface area contributed by atoms with Gasteiger partial charge in [0.2, 0.25) is 0 Å². The zero-order valence-electron chi connectivity index (χ0n) is 13.9. The first-order valence-electron chi connectivity index (χ1n) is 8.13. The van der Waals surface area contributed by atoms with Gasteiger partial charge < -0.3 is 14.9 Å². The summed E-state index contributed by atoms with van der Waals surface area (Å²) in [4.78, 5) is 27.6. The van der Waals surface area contributed by atoms with Crippen LogP contribution in [-0.4, -0.2) is 53.1 Å². The summed E-state index contributed by atoms with van der Waals surface area (Å²) in [6.45, 7) is 7.29. The maximum atomic E-state index is 12.5. The Balaban J connectivity index is 2.63. The lowest BCUT2D eigenvalue weighted by Crippen LogP contribution is -2.51. The molecule has 1 rings (SSSR count). The number of carboxylic acids is 1. The van der Waals surface area contributed by atoms with Crippen LogP contribution in [0.2, 0.25) is 0 Å². The van der Waals surface area contributed by atoms with Gasteiger partial charge in [-0.15, -0.1) is 0 Å². The molecule has 5 nitrogen and oxygen atoms in total. The number of urea groups is 1. The van der Waals surface area contributed by atoms with Crippen LogP contribution in [0, 0.1) is 5.41 Å². The smallest absolute Gasteiger partial charge is 0.319 e. The molecule has 21 heavy (non-hydrogen) atoms. The quantitative estimate of drug-likeness (QED) is 0.819. The van der Waals surface area contributed by atoms with E-state index in [1.807, 2.05) is 18.9 Å². The Morgan fingerprint density at radius 2 is 1.81 bits per heavy atom. The molecule has 1 N–H and O–H groups in total. The number of nitrogens with zero attached hydrogens (tertiary/aromatic N) is 2. The summed E-state index contributed by atoms with van der Waals surface area (Å²) in [5, 5.41) is 9.50. The first-order chi connectivity index (χ1) is 9.88. The van der Waals surface area contributed by atoms with Gasteiger partial charge in [-0.3, -0.25) is 4.79 Å². The third kappa shape index (κ3) is 4.11. The Kier molecular flexibility index (Phi) is 6.49. The van der Waals surface area contributed by atoms with Crippen molar-refractivity contribution in [1.82, 2.24) is 9.80 Å². The highest BCUT2D eigenvalue weighted by Crippen LogP contribution is 2.36. The fraction of sp³-hybridized carbons (Fsp3) is 0.875. The van der Waals surface area contributed by atoms with E-state index in [0.717, 1.165) is 19.3 Å². The van der Waals surface area contributed by atoms with Crippen molar-refractivity contribution in [3.05, 3.63) is 0 Å². The molecular formula is C16H30N2O3. The predicted molar refractivity (Wildman–Crippen MR) is 83.3 cm³/mol. The van der Waals surface area contributed by atoms with Crippen LogP contribution in [0.4, 0.5) is 4.79 Å². The molecular weight excluding hydrogens is 268 g/mol. The standard InChI is InChI=1S/C16H30N2O3/c1-5-7-13(3)17(4)15(21)18-11-9-16(8-6-2,10-12-18)14(19)20/h13H,5-12H2,1-4H3,(H,19,20). The minimum Gasteiger partial charge on any atom is -0.481 e. The Labute approximate surface area is 128 Å². The number of carboxylic acid groups (broad SMARTS) is 1. The summed E-state index contributed by atoms with van der Waals surface area (Å²) in [6.07, 6.45) is 4.75. The molecule has 122 valence electrons. The highest BCUT2D eigenvalue weighted by molar-refractivity contribution is 5.77. The van der Waals surface area contributed by atoms with Crippen LogP contribution >= 0.6 is 0 Å². The maximum Gasteiger partial charge on any atom is 0.319 e. The molecule has 5 heteroatoms. The predicted octanol–water partition coefficient (Wildman–Crippen LogP) is 3.19. The van der Waals surface area contributed by atoms with Gasteiger partial charge in [-0.05, 0) is 32.6 Å². The van der Waals surface area contributed by atoms with Crippen LogP contribution in [0.15, 0.2) is 0 Å². The lowest BCUT2D eigenvalue weighted by molar-refractivity contribution is -0.152. The van der Waals surface area contributed by atoms with Gasteiger partial charge in [0.15, 0.2) is 0 Å². The molecule has 2 amide bonds. The van der Waals surface area contributed by atoms with Crippen LogP contribution in [0.1, 0.15) is 59.3 Å². The summed E-state index contributed by atoms with van der Waals surface area (Å²) in [7, 11) is 1.84. The van der Waals surface area contributed by atoms with Crippen LogP contribution in [-0.2, 0) is 4.79 Å². The fourth-order valence-corrected chi connectivity index (χ4v) is 3.20. The molecule has 1 unspecified atom stereocenters. The Morgan fingerprint density at radius 1 is 1.24 bits per heavy atom. The van der Waals surface area contributed by atoms with Gasteiger partial charge in [-0.25, -0.2) is 4.79 Å². The van der Waals surface area contributed by atoms with E-state index in [0.29, 0.717) is 32.4 Å². The number of likely N-dealkylation sites (tertiary alicyclic amines) is 1. The number of piperidine rings is 1. The summed E-state index contributed by atoms with van der Waals surface area (Å²) < 4.78 is 0. The van der Waals surface area contributed by atoms with Crippen LogP contribution in [0.5, 0.6) is 0 Å². The Hall–Kier alpha value is -1.26. The maximum absolute atomic E-state index is 12.5. The number of rotatable bonds is 6. The molecule has 0 aliphatic carbocycles. The molecule has 1 atom stereocenters. The SMILES string of the molecule is CCCC(C)N(C)C(=O)N1CCC(CCC)(C(=O)O)CC1. The minimum atomic E-state index is -0.704. The van der Waals surface area contributed by atoms with Gasteiger partial charge in [0.25, 0.3) is 0 Å². The summed E-state index contributed by atoms with van der Waals surface area (Å²) in [6, 6.07) is 0.260. The van der Waals surface area contributed by atoms with Crippen molar-refractivity contribution in [2.75, 3.05) is 20.1 Å². The number of carbonyl (C=O) groups is 2. The largest absolute Gasteiger partial charge is 0.481 e. The lowest BCUT2D eigenvalue weighted by Gasteiger charge is -2.41. The second-order valence-corrected chi connectivity index (χ2v) is 6.35. The highest BCUT2D eigenvalue weighted by Gasteiger charge is 2.42. The number of hydrogen-bond acceptors (Lipinski definition) is 2. The van der Waals surface area contributed by atoms with Gasteiger partial charge in [0, 0.05) is 26.2 Å². The fourth-order valence-electron chi connectivity index (χ4n) is 3.20. The average molecular weight is 298 g/mol. The van der Waals surface area contributed by atoms with Gasteiger partial charge in [0.1, 0.15) is 0 Å². The monoisotopic (exact) mass is 298 g/mol. The van der Waals surface area contributed by atoms with E-state index < -0.39 is 11.4 Å². The molecule has 0 radical (unpaired) electrons. The van der Waals surface area contributed by atoms with E-state index in [-0.39, 0.29) is 12.1 Å². The molecule has 0 bridgehead atoms. The zero-order valence-corrected chi connectivity index (χ0v) is 13.9. The van der Waals surface area contributed by atoms with Crippen molar-refractivity contribution in [3.63, 3.8) is 0 Å². The van der Waals surface area contributed by atoms with E-state index in [4.69, 9.17) is 0 Å². The van der Waals surface area contributed by atoms with Crippen LogP contribution in [0.3, 0.4) is 0 Å². The first-order valence-corrected chi connectivity index (χ1v) is 8.13. The van der Waals surface area contributed by atoms with E-state index in [1.165, 1.54) is 0 Å². The van der Waals surface area contributed by atoms with Crippen molar-refractivity contribution < 1.29 is 14.7 Å². The molecule has 0 aromatic carbocycles. The van der Waals surface area contributed by atoms with Crippen LogP contribution < -0.4 is 0 Å².